The Morgan fingerprint density at radius 3 is 1.00 bits per heavy atom. The second-order valence-corrected chi connectivity index (χ2v) is 17.1. The molecule has 59 heavy (non-hydrogen) atoms. The number of esters is 3. The summed E-state index contributed by atoms with van der Waals surface area (Å²) < 4.78 is 16.7. The second-order valence-electron chi connectivity index (χ2n) is 17.1. The van der Waals surface area contributed by atoms with Gasteiger partial charge in [-0.05, 0) is 51.4 Å². The fraction of sp³-hybridized carbons (Fsp3) is 0.830. The van der Waals surface area contributed by atoms with Crippen LogP contribution in [0.3, 0.4) is 0 Å². The third-order valence-corrected chi connectivity index (χ3v) is 11.1. The van der Waals surface area contributed by atoms with Crippen LogP contribution >= 0.6 is 0 Å². The van der Waals surface area contributed by atoms with Gasteiger partial charge >= 0.3 is 17.9 Å². The van der Waals surface area contributed by atoms with Crippen molar-refractivity contribution < 1.29 is 28.6 Å². The van der Waals surface area contributed by atoms with Crippen molar-refractivity contribution in [1.82, 2.24) is 0 Å². The number of allylic oxidation sites excluding steroid dienone is 6. The van der Waals surface area contributed by atoms with Gasteiger partial charge in [0.2, 0.25) is 0 Å². The molecule has 0 aliphatic carbocycles. The number of hydrogen-bond acceptors (Lipinski definition) is 6. The van der Waals surface area contributed by atoms with Crippen LogP contribution in [0.25, 0.3) is 0 Å². The van der Waals surface area contributed by atoms with Gasteiger partial charge in [0.15, 0.2) is 6.10 Å². The molecular weight excluding hydrogens is 733 g/mol. The minimum atomic E-state index is -0.792. The zero-order valence-corrected chi connectivity index (χ0v) is 39.3. The van der Waals surface area contributed by atoms with Gasteiger partial charge in [-0.2, -0.15) is 0 Å². The van der Waals surface area contributed by atoms with E-state index in [0.717, 1.165) is 57.8 Å². The van der Waals surface area contributed by atoms with E-state index in [9.17, 15) is 14.4 Å². The summed E-state index contributed by atoms with van der Waals surface area (Å²) in [5.41, 5.74) is 0. The average molecular weight is 829 g/mol. The normalized spacial score (nSPS) is 11.8. The molecule has 0 saturated heterocycles. The van der Waals surface area contributed by atoms with Crippen LogP contribution in [0.5, 0.6) is 0 Å². The smallest absolute Gasteiger partial charge is 0.306 e. The molecule has 0 aromatic rings. The maximum atomic E-state index is 12.8. The molecule has 0 N–H and O–H groups in total. The summed E-state index contributed by atoms with van der Waals surface area (Å²) in [6.45, 7) is 6.60. The van der Waals surface area contributed by atoms with E-state index in [1.54, 1.807) is 0 Å². The SMILES string of the molecule is CCCCCCCC/C=C\C/C=C\C/C=C\CCCC(=O)OC(COC(=O)CCCCCCCCCCCCCC)COC(=O)CCCCCCCCCCCCCC. The minimum absolute atomic E-state index is 0.0881. The Hall–Kier alpha value is -2.37. The van der Waals surface area contributed by atoms with Gasteiger partial charge in [0.1, 0.15) is 13.2 Å². The van der Waals surface area contributed by atoms with E-state index in [0.29, 0.717) is 19.3 Å². The molecular formula is C53H96O6. The van der Waals surface area contributed by atoms with Gasteiger partial charge in [-0.3, -0.25) is 14.4 Å². The zero-order chi connectivity index (χ0) is 43.0. The highest BCUT2D eigenvalue weighted by atomic mass is 16.6. The van der Waals surface area contributed by atoms with Gasteiger partial charge in [-0.15, -0.1) is 0 Å². The molecule has 0 saturated carbocycles. The lowest BCUT2D eigenvalue weighted by molar-refractivity contribution is -0.167. The first-order valence-electron chi connectivity index (χ1n) is 25.5. The summed E-state index contributed by atoms with van der Waals surface area (Å²) in [4.78, 5) is 37.9. The Bertz CT molecular complexity index is 956. The van der Waals surface area contributed by atoms with Crippen LogP contribution < -0.4 is 0 Å². The van der Waals surface area contributed by atoms with E-state index in [4.69, 9.17) is 14.2 Å². The number of carbonyl (C=O) groups is 3. The van der Waals surface area contributed by atoms with Crippen molar-refractivity contribution in [3.63, 3.8) is 0 Å². The van der Waals surface area contributed by atoms with Gasteiger partial charge < -0.3 is 14.2 Å². The van der Waals surface area contributed by atoms with Crippen molar-refractivity contribution in [2.45, 2.75) is 271 Å². The second kappa shape index (κ2) is 48.3. The lowest BCUT2D eigenvalue weighted by atomic mass is 10.0. The van der Waals surface area contributed by atoms with Crippen molar-refractivity contribution in [2.75, 3.05) is 13.2 Å². The highest BCUT2D eigenvalue weighted by Crippen LogP contribution is 2.15. The Kier molecular flexibility index (Phi) is 46.4. The maximum absolute atomic E-state index is 12.8. The molecule has 6 nitrogen and oxygen atoms in total. The molecule has 0 unspecified atom stereocenters. The predicted molar refractivity (Wildman–Crippen MR) is 252 cm³/mol. The van der Waals surface area contributed by atoms with Crippen LogP contribution in [0.15, 0.2) is 36.5 Å². The van der Waals surface area contributed by atoms with Crippen molar-refractivity contribution in [1.29, 1.82) is 0 Å². The van der Waals surface area contributed by atoms with Crippen LogP contribution in [0.1, 0.15) is 265 Å². The van der Waals surface area contributed by atoms with Crippen molar-refractivity contribution in [2.24, 2.45) is 0 Å². The summed E-state index contributed by atoms with van der Waals surface area (Å²) in [6.07, 6.45) is 55.6. The van der Waals surface area contributed by atoms with Crippen LogP contribution in [-0.4, -0.2) is 37.2 Å². The summed E-state index contributed by atoms with van der Waals surface area (Å²) in [7, 11) is 0. The number of ether oxygens (including phenoxy) is 3. The molecule has 0 spiro atoms. The molecule has 0 fully saturated rings. The molecule has 0 aliphatic heterocycles. The first kappa shape index (κ1) is 56.6. The van der Waals surface area contributed by atoms with Crippen molar-refractivity contribution in [3.05, 3.63) is 36.5 Å². The van der Waals surface area contributed by atoms with E-state index >= 15 is 0 Å². The largest absolute Gasteiger partial charge is 0.462 e. The van der Waals surface area contributed by atoms with Crippen molar-refractivity contribution in [3.8, 4) is 0 Å². The Morgan fingerprint density at radius 2 is 0.627 bits per heavy atom. The van der Waals surface area contributed by atoms with Gasteiger partial charge in [0.05, 0.1) is 0 Å². The first-order valence-corrected chi connectivity index (χ1v) is 25.5. The van der Waals surface area contributed by atoms with Gasteiger partial charge in [0, 0.05) is 19.3 Å². The number of carbonyl (C=O) groups excluding carboxylic acids is 3. The van der Waals surface area contributed by atoms with E-state index in [1.165, 1.54) is 161 Å². The molecule has 0 bridgehead atoms. The summed E-state index contributed by atoms with van der Waals surface area (Å²) in [5, 5.41) is 0. The standard InChI is InChI=1S/C53H96O6/c1-4-7-10-13-16-19-22-25-26-27-28-29-32-35-38-41-44-47-53(56)59-50(48-57-51(54)45-42-39-36-33-30-23-20-17-14-11-8-5-2)49-58-52(55)46-43-40-37-34-31-24-21-18-15-12-9-6-3/h25-26,28-29,35,38,50H,4-24,27,30-34,36-37,39-49H2,1-3H3/b26-25-,29-28-,38-35-. The third-order valence-electron chi connectivity index (χ3n) is 11.1. The van der Waals surface area contributed by atoms with Crippen LogP contribution in [0.4, 0.5) is 0 Å². The van der Waals surface area contributed by atoms with E-state index in [-0.39, 0.29) is 37.5 Å². The Labute approximate surface area is 365 Å². The predicted octanol–water partition coefficient (Wildman–Crippen LogP) is 16.5. The molecule has 0 aromatic carbocycles. The average Bonchev–Trinajstić information content (AvgIpc) is 3.23. The van der Waals surface area contributed by atoms with Gasteiger partial charge in [0.25, 0.3) is 0 Å². The van der Waals surface area contributed by atoms with Crippen molar-refractivity contribution >= 4 is 17.9 Å². The third kappa shape index (κ3) is 46.5. The number of unbranched alkanes of at least 4 members (excludes halogenated alkanes) is 29. The quantitative estimate of drug-likeness (QED) is 0.0263. The van der Waals surface area contributed by atoms with Crippen LogP contribution in [0.2, 0.25) is 0 Å². The van der Waals surface area contributed by atoms with E-state index < -0.39 is 6.10 Å². The molecule has 0 atom stereocenters. The van der Waals surface area contributed by atoms with E-state index in [1.807, 2.05) is 0 Å². The maximum Gasteiger partial charge on any atom is 0.306 e. The van der Waals surface area contributed by atoms with Crippen LogP contribution in [-0.2, 0) is 28.6 Å². The summed E-state index contributed by atoms with van der Waals surface area (Å²) >= 11 is 0. The molecule has 0 rings (SSSR count). The summed E-state index contributed by atoms with van der Waals surface area (Å²) in [6, 6.07) is 0. The molecule has 6 heteroatoms. The number of hydrogen-bond donors (Lipinski definition) is 0. The molecule has 0 aromatic heterocycles. The fourth-order valence-electron chi connectivity index (χ4n) is 7.28. The number of rotatable bonds is 46. The molecule has 0 amide bonds. The van der Waals surface area contributed by atoms with Crippen LogP contribution in [0, 0.1) is 0 Å². The fourth-order valence-corrected chi connectivity index (χ4v) is 7.28. The lowest BCUT2D eigenvalue weighted by Crippen LogP contribution is -2.30. The monoisotopic (exact) mass is 829 g/mol. The highest BCUT2D eigenvalue weighted by molar-refractivity contribution is 5.71. The lowest BCUT2D eigenvalue weighted by Gasteiger charge is -2.18. The highest BCUT2D eigenvalue weighted by Gasteiger charge is 2.19. The topological polar surface area (TPSA) is 78.9 Å². The summed E-state index contributed by atoms with van der Waals surface area (Å²) in [5.74, 6) is -0.932. The molecule has 0 aliphatic rings. The Balaban J connectivity index is 4.43. The molecule has 0 heterocycles. The molecule has 344 valence electrons. The zero-order valence-electron chi connectivity index (χ0n) is 39.3. The van der Waals surface area contributed by atoms with Gasteiger partial charge in [-0.25, -0.2) is 0 Å². The molecule has 0 radical (unpaired) electrons. The first-order chi connectivity index (χ1) is 29.0. The van der Waals surface area contributed by atoms with E-state index in [2.05, 4.69) is 57.2 Å². The minimum Gasteiger partial charge on any atom is -0.462 e. The Morgan fingerprint density at radius 1 is 0.339 bits per heavy atom. The van der Waals surface area contributed by atoms with Gasteiger partial charge in [-0.1, -0.05) is 231 Å².